The highest BCUT2D eigenvalue weighted by Crippen LogP contribution is 2.39. The lowest BCUT2D eigenvalue weighted by atomic mass is 10.0. The number of nitrogens with zero attached hydrogens (tertiary/aromatic N) is 5. The summed E-state index contributed by atoms with van der Waals surface area (Å²) in [4.78, 5) is 2.69. The van der Waals surface area contributed by atoms with Crippen LogP contribution in [0.1, 0.15) is 31.4 Å². The van der Waals surface area contributed by atoms with Gasteiger partial charge in [-0.2, -0.15) is 5.10 Å². The Kier molecular flexibility index (Phi) is 5.26. The van der Waals surface area contributed by atoms with E-state index in [1.54, 1.807) is 0 Å². The average Bonchev–Trinajstić information content (AvgIpc) is 3.36. The minimum absolute atomic E-state index is 0.519. The van der Waals surface area contributed by atoms with E-state index in [0.717, 1.165) is 53.7 Å². The zero-order valence-corrected chi connectivity index (χ0v) is 17.5. The molecule has 3 unspecified atom stereocenters. The Balaban J connectivity index is 1.13. The van der Waals surface area contributed by atoms with Crippen molar-refractivity contribution in [2.45, 2.75) is 38.6 Å². The van der Waals surface area contributed by atoms with E-state index >= 15 is 0 Å². The molecule has 2 aromatic rings. The van der Waals surface area contributed by atoms with E-state index in [-0.39, 0.29) is 0 Å². The van der Waals surface area contributed by atoms with Gasteiger partial charge in [0.25, 0.3) is 0 Å². The molecule has 0 amide bonds. The summed E-state index contributed by atoms with van der Waals surface area (Å²) in [5, 5.41) is 16.9. The number of hydrogen-bond donors (Lipinski definition) is 1. The summed E-state index contributed by atoms with van der Waals surface area (Å²) < 4.78 is 7.48. The Hall–Kier alpha value is -1.99. The summed E-state index contributed by atoms with van der Waals surface area (Å²) in [6.45, 7) is 7.66. The molecule has 0 spiro atoms. The zero-order chi connectivity index (χ0) is 19.8. The fourth-order valence-corrected chi connectivity index (χ4v) is 5.59. The number of aromatic nitrogens is 4. The highest BCUT2D eigenvalue weighted by molar-refractivity contribution is 5.61. The molecule has 29 heavy (non-hydrogen) atoms. The van der Waals surface area contributed by atoms with Gasteiger partial charge in [-0.25, -0.2) is 0 Å². The second kappa shape index (κ2) is 8.03. The van der Waals surface area contributed by atoms with Gasteiger partial charge in [0.2, 0.25) is 0 Å². The summed E-state index contributed by atoms with van der Waals surface area (Å²) in [5.74, 6) is 3.27. The summed E-state index contributed by atoms with van der Waals surface area (Å²) in [6, 6.07) is 4.62. The van der Waals surface area contributed by atoms with Gasteiger partial charge in [0, 0.05) is 51.1 Å². The topological polar surface area (TPSA) is 68.1 Å². The Morgan fingerprint density at radius 2 is 2.00 bits per heavy atom. The van der Waals surface area contributed by atoms with Gasteiger partial charge in [-0.3, -0.25) is 4.68 Å². The largest absolute Gasteiger partial charge is 0.381 e. The van der Waals surface area contributed by atoms with Crippen LogP contribution in [0.4, 0.5) is 5.82 Å². The summed E-state index contributed by atoms with van der Waals surface area (Å²) >= 11 is 0. The number of anilines is 1. The van der Waals surface area contributed by atoms with Crippen molar-refractivity contribution in [2.75, 3.05) is 38.2 Å². The number of ether oxygens (including phenoxy) is 1. The molecule has 5 rings (SSSR count). The van der Waals surface area contributed by atoms with Crippen LogP contribution in [-0.4, -0.2) is 63.8 Å². The molecular weight excluding hydrogens is 364 g/mol. The predicted molar refractivity (Wildman–Crippen MR) is 113 cm³/mol. The minimum Gasteiger partial charge on any atom is -0.381 e. The van der Waals surface area contributed by atoms with E-state index in [9.17, 15) is 0 Å². The van der Waals surface area contributed by atoms with Crippen molar-refractivity contribution in [2.24, 2.45) is 24.8 Å². The molecule has 2 aliphatic heterocycles. The van der Waals surface area contributed by atoms with E-state index in [1.807, 2.05) is 30.9 Å². The molecule has 0 radical (unpaired) electrons. The van der Waals surface area contributed by atoms with Gasteiger partial charge < -0.3 is 15.0 Å². The third-order valence-corrected chi connectivity index (χ3v) is 6.90. The van der Waals surface area contributed by atoms with Crippen molar-refractivity contribution >= 4 is 5.82 Å². The molecule has 1 N–H and O–H groups in total. The molecule has 0 bridgehead atoms. The number of rotatable bonds is 5. The molecule has 3 atom stereocenters. The van der Waals surface area contributed by atoms with E-state index in [4.69, 9.17) is 4.74 Å². The van der Waals surface area contributed by atoms with Crippen LogP contribution >= 0.6 is 0 Å². The maximum absolute atomic E-state index is 5.66. The van der Waals surface area contributed by atoms with Gasteiger partial charge in [0.15, 0.2) is 0 Å². The monoisotopic (exact) mass is 396 g/mol. The molecule has 4 heterocycles. The highest BCUT2D eigenvalue weighted by atomic mass is 16.5. The molecule has 2 saturated heterocycles. The lowest BCUT2D eigenvalue weighted by Crippen LogP contribution is -2.33. The van der Waals surface area contributed by atoms with E-state index in [2.05, 4.69) is 31.6 Å². The minimum atomic E-state index is 0.519. The predicted octanol–water partition coefficient (Wildman–Crippen LogP) is 2.73. The normalized spacial score (nSPS) is 29.9. The third-order valence-electron chi connectivity index (χ3n) is 6.90. The van der Waals surface area contributed by atoms with E-state index < -0.39 is 0 Å². The van der Waals surface area contributed by atoms with E-state index in [0.29, 0.717) is 6.04 Å². The van der Waals surface area contributed by atoms with Crippen LogP contribution in [0.2, 0.25) is 0 Å². The summed E-state index contributed by atoms with van der Waals surface area (Å²) in [6.07, 6.45) is 7.05. The van der Waals surface area contributed by atoms with Crippen LogP contribution in [0, 0.1) is 24.7 Å². The first-order valence-corrected chi connectivity index (χ1v) is 11.0. The van der Waals surface area contributed by atoms with Crippen LogP contribution in [0.3, 0.4) is 0 Å². The molecule has 1 saturated carbocycles. The van der Waals surface area contributed by atoms with Crippen molar-refractivity contribution in [3.63, 3.8) is 0 Å². The van der Waals surface area contributed by atoms with Crippen molar-refractivity contribution in [3.05, 3.63) is 24.0 Å². The van der Waals surface area contributed by atoms with Crippen molar-refractivity contribution in [3.8, 4) is 11.3 Å². The van der Waals surface area contributed by atoms with Crippen LogP contribution in [0.15, 0.2) is 18.3 Å². The van der Waals surface area contributed by atoms with Gasteiger partial charge in [-0.05, 0) is 62.5 Å². The van der Waals surface area contributed by atoms with Gasteiger partial charge >= 0.3 is 0 Å². The van der Waals surface area contributed by atoms with Crippen molar-refractivity contribution in [1.82, 2.24) is 24.9 Å². The van der Waals surface area contributed by atoms with Crippen LogP contribution in [0.25, 0.3) is 11.3 Å². The number of likely N-dealkylation sites (tertiary alicyclic amines) is 1. The van der Waals surface area contributed by atoms with Crippen molar-refractivity contribution < 1.29 is 4.74 Å². The molecule has 3 fully saturated rings. The van der Waals surface area contributed by atoms with Gasteiger partial charge in [-0.15, -0.1) is 10.2 Å². The Morgan fingerprint density at radius 3 is 2.62 bits per heavy atom. The molecule has 156 valence electrons. The molecule has 3 aliphatic rings. The van der Waals surface area contributed by atoms with Crippen molar-refractivity contribution in [1.29, 1.82) is 0 Å². The second-order valence-electron chi connectivity index (χ2n) is 9.24. The van der Waals surface area contributed by atoms with Gasteiger partial charge in [0.1, 0.15) is 5.82 Å². The first-order chi connectivity index (χ1) is 14.1. The fraction of sp³-hybridized carbons (Fsp3) is 0.682. The summed E-state index contributed by atoms with van der Waals surface area (Å²) in [7, 11) is 1.93. The Labute approximate surface area is 172 Å². The number of aryl methyl sites for hydroxylation is 2. The summed E-state index contributed by atoms with van der Waals surface area (Å²) in [5.41, 5.74) is 2.91. The van der Waals surface area contributed by atoms with E-state index in [1.165, 1.54) is 45.3 Å². The average molecular weight is 397 g/mol. The molecule has 1 aliphatic carbocycles. The maximum atomic E-state index is 5.66. The lowest BCUT2D eigenvalue weighted by Gasteiger charge is -2.27. The lowest BCUT2D eigenvalue weighted by molar-refractivity contribution is 0.0407. The third kappa shape index (κ3) is 4.16. The molecule has 0 aromatic carbocycles. The van der Waals surface area contributed by atoms with Gasteiger partial charge in [-0.1, -0.05) is 0 Å². The number of hydrogen-bond acceptors (Lipinski definition) is 6. The quantitative estimate of drug-likeness (QED) is 0.838. The number of nitrogens with one attached hydrogen (secondary N) is 1. The fourth-order valence-electron chi connectivity index (χ4n) is 5.59. The molecule has 2 aromatic heterocycles. The zero-order valence-electron chi connectivity index (χ0n) is 17.5. The molecular formula is C22H32N6O. The van der Waals surface area contributed by atoms with Crippen LogP contribution < -0.4 is 5.32 Å². The smallest absolute Gasteiger partial charge is 0.148 e. The maximum Gasteiger partial charge on any atom is 0.148 e. The number of fused-ring (bicyclic) bond motifs is 1. The SMILES string of the molecule is Cc1nn(C)cc1-c1ccc(NC2CC3CN(CC4CCCOC4)CC3C2)nn1. The van der Waals surface area contributed by atoms with Gasteiger partial charge in [0.05, 0.1) is 18.0 Å². The second-order valence-corrected chi connectivity index (χ2v) is 9.24. The Bertz CT molecular complexity index is 814. The molecule has 7 heteroatoms. The molecule has 7 nitrogen and oxygen atoms in total. The van der Waals surface area contributed by atoms with Crippen LogP contribution in [0.5, 0.6) is 0 Å². The Morgan fingerprint density at radius 1 is 1.17 bits per heavy atom. The standard InChI is InChI=1S/C22H32N6O/c1-15-20(13-27(2)26-15)21-5-6-22(25-24-21)23-19-8-17-11-28(12-18(17)9-19)10-16-4-3-7-29-14-16/h5-6,13,16-19H,3-4,7-12,14H2,1-2H3,(H,23,25). The first kappa shape index (κ1) is 19.0. The van der Waals surface area contributed by atoms with Crippen LogP contribution in [-0.2, 0) is 11.8 Å². The highest BCUT2D eigenvalue weighted by Gasteiger charge is 2.41. The first-order valence-electron chi connectivity index (χ1n) is 11.0.